The summed E-state index contributed by atoms with van der Waals surface area (Å²) in [4.78, 5) is 5.34. The third-order valence-electron chi connectivity index (χ3n) is 1.97. The van der Waals surface area contributed by atoms with Crippen molar-refractivity contribution in [3.05, 3.63) is 30.2 Å². The molecule has 2 N–H and O–H groups in total. The molecule has 2 aromatic rings. The van der Waals surface area contributed by atoms with E-state index in [0.29, 0.717) is 11.7 Å². The maximum atomic E-state index is 5.40. The van der Waals surface area contributed by atoms with E-state index in [-0.39, 0.29) is 6.54 Å². The highest BCUT2D eigenvalue weighted by molar-refractivity contribution is 7.98. The number of thioether (sulfide) groups is 1. The summed E-state index contributed by atoms with van der Waals surface area (Å²) in [7, 11) is 0. The predicted molar refractivity (Wildman–Crippen MR) is 59.4 cm³/mol. The van der Waals surface area contributed by atoms with Crippen LogP contribution in [0, 0.1) is 0 Å². The molecule has 0 fully saturated rings. The van der Waals surface area contributed by atoms with Crippen LogP contribution < -0.4 is 5.73 Å². The van der Waals surface area contributed by atoms with Gasteiger partial charge in [0.05, 0.1) is 6.54 Å². The summed E-state index contributed by atoms with van der Waals surface area (Å²) in [6, 6.07) is 7.98. The highest BCUT2D eigenvalue weighted by Gasteiger charge is 2.07. The third kappa shape index (κ3) is 2.19. The van der Waals surface area contributed by atoms with Crippen molar-refractivity contribution in [2.45, 2.75) is 11.4 Å². The van der Waals surface area contributed by atoms with Gasteiger partial charge in [-0.15, -0.1) is 11.8 Å². The number of rotatable bonds is 3. The van der Waals surface area contributed by atoms with Crippen LogP contribution in [0.2, 0.25) is 0 Å². The molecule has 1 heterocycles. The highest BCUT2D eigenvalue weighted by Crippen LogP contribution is 2.22. The van der Waals surface area contributed by atoms with Crippen LogP contribution in [-0.2, 0) is 6.54 Å². The van der Waals surface area contributed by atoms with Crippen LogP contribution in [0.4, 0.5) is 0 Å². The maximum Gasteiger partial charge on any atom is 0.240 e. The summed E-state index contributed by atoms with van der Waals surface area (Å²) in [5.41, 5.74) is 6.35. The van der Waals surface area contributed by atoms with Crippen molar-refractivity contribution in [1.82, 2.24) is 10.1 Å². The maximum absolute atomic E-state index is 5.40. The molecule has 5 heteroatoms. The fraction of sp³-hybridized carbons (Fsp3) is 0.200. The smallest absolute Gasteiger partial charge is 0.240 e. The van der Waals surface area contributed by atoms with E-state index < -0.39 is 0 Å². The van der Waals surface area contributed by atoms with E-state index in [4.69, 9.17) is 10.3 Å². The minimum atomic E-state index is 0.273. The molecule has 0 amide bonds. The van der Waals surface area contributed by atoms with Gasteiger partial charge in [0.2, 0.25) is 11.7 Å². The van der Waals surface area contributed by atoms with Crippen LogP contribution in [0.15, 0.2) is 33.7 Å². The molecule has 0 aliphatic rings. The van der Waals surface area contributed by atoms with Gasteiger partial charge < -0.3 is 10.3 Å². The quantitative estimate of drug-likeness (QED) is 0.802. The van der Waals surface area contributed by atoms with Gasteiger partial charge in [-0.2, -0.15) is 4.98 Å². The Balaban J connectivity index is 2.35. The second kappa shape index (κ2) is 4.46. The molecule has 2 rings (SSSR count). The molecule has 78 valence electrons. The summed E-state index contributed by atoms with van der Waals surface area (Å²) in [5, 5.41) is 3.86. The van der Waals surface area contributed by atoms with Crippen molar-refractivity contribution in [3.63, 3.8) is 0 Å². The number of hydrogen-bond acceptors (Lipinski definition) is 5. The van der Waals surface area contributed by atoms with E-state index in [9.17, 15) is 0 Å². The fourth-order valence-electron chi connectivity index (χ4n) is 1.22. The van der Waals surface area contributed by atoms with Crippen molar-refractivity contribution >= 4 is 11.8 Å². The molecule has 0 bridgehead atoms. The Morgan fingerprint density at radius 1 is 1.47 bits per heavy atom. The molecular weight excluding hydrogens is 210 g/mol. The van der Waals surface area contributed by atoms with Crippen molar-refractivity contribution in [1.29, 1.82) is 0 Å². The van der Waals surface area contributed by atoms with Crippen LogP contribution in [0.3, 0.4) is 0 Å². The molecule has 4 nitrogen and oxygen atoms in total. The Morgan fingerprint density at radius 2 is 2.33 bits per heavy atom. The van der Waals surface area contributed by atoms with Gasteiger partial charge >= 0.3 is 0 Å². The van der Waals surface area contributed by atoms with Crippen LogP contribution in [-0.4, -0.2) is 16.4 Å². The van der Waals surface area contributed by atoms with Gasteiger partial charge in [0.25, 0.3) is 0 Å². The lowest BCUT2D eigenvalue weighted by molar-refractivity contribution is 0.380. The molecule has 0 radical (unpaired) electrons. The van der Waals surface area contributed by atoms with Gasteiger partial charge in [-0.05, 0) is 18.4 Å². The zero-order valence-electron chi connectivity index (χ0n) is 8.30. The molecule has 0 atom stereocenters. The summed E-state index contributed by atoms with van der Waals surface area (Å²) in [6.07, 6.45) is 2.03. The van der Waals surface area contributed by atoms with Gasteiger partial charge in [0, 0.05) is 10.5 Å². The number of benzene rings is 1. The van der Waals surface area contributed by atoms with E-state index in [2.05, 4.69) is 10.1 Å². The molecule has 0 unspecified atom stereocenters. The Morgan fingerprint density at radius 3 is 3.00 bits per heavy atom. The molecule has 0 saturated heterocycles. The normalized spacial score (nSPS) is 10.5. The topological polar surface area (TPSA) is 64.9 Å². The summed E-state index contributed by atoms with van der Waals surface area (Å²) < 4.78 is 4.95. The number of aromatic nitrogens is 2. The van der Waals surface area contributed by atoms with Crippen LogP contribution in [0.1, 0.15) is 5.89 Å². The lowest BCUT2D eigenvalue weighted by atomic mass is 10.2. The SMILES string of the molecule is CSc1cccc(-c2noc(CN)n2)c1. The first-order valence-electron chi connectivity index (χ1n) is 4.50. The monoisotopic (exact) mass is 221 g/mol. The molecule has 0 saturated carbocycles. The van der Waals surface area contributed by atoms with Gasteiger partial charge in [-0.25, -0.2) is 0 Å². The molecule has 1 aromatic carbocycles. The Hall–Kier alpha value is -1.33. The Bertz CT molecular complexity index is 455. The first-order valence-corrected chi connectivity index (χ1v) is 5.73. The van der Waals surface area contributed by atoms with Gasteiger partial charge in [0.1, 0.15) is 0 Å². The van der Waals surface area contributed by atoms with E-state index in [1.165, 1.54) is 4.90 Å². The summed E-state index contributed by atoms with van der Waals surface area (Å²) in [5.74, 6) is 1.05. The average molecular weight is 221 g/mol. The largest absolute Gasteiger partial charge is 0.338 e. The lowest BCUT2D eigenvalue weighted by Gasteiger charge is -1.97. The predicted octanol–water partition coefficient (Wildman–Crippen LogP) is 1.92. The second-order valence-corrected chi connectivity index (χ2v) is 3.83. The third-order valence-corrected chi connectivity index (χ3v) is 2.70. The van der Waals surface area contributed by atoms with Gasteiger partial charge in [-0.1, -0.05) is 17.3 Å². The van der Waals surface area contributed by atoms with Crippen LogP contribution >= 0.6 is 11.8 Å². The minimum Gasteiger partial charge on any atom is -0.338 e. The number of nitrogens with zero attached hydrogens (tertiary/aromatic N) is 2. The highest BCUT2D eigenvalue weighted by atomic mass is 32.2. The Kier molecular flexibility index (Phi) is 3.03. The number of nitrogens with two attached hydrogens (primary N) is 1. The van der Waals surface area contributed by atoms with Crippen LogP contribution in [0.25, 0.3) is 11.4 Å². The molecule has 0 spiro atoms. The van der Waals surface area contributed by atoms with E-state index in [0.717, 1.165) is 5.56 Å². The molecule has 1 aromatic heterocycles. The van der Waals surface area contributed by atoms with Crippen molar-refractivity contribution in [2.24, 2.45) is 5.73 Å². The van der Waals surface area contributed by atoms with E-state index in [1.54, 1.807) is 11.8 Å². The second-order valence-electron chi connectivity index (χ2n) is 2.95. The number of hydrogen-bond donors (Lipinski definition) is 1. The van der Waals surface area contributed by atoms with Crippen molar-refractivity contribution < 1.29 is 4.52 Å². The van der Waals surface area contributed by atoms with Crippen molar-refractivity contribution in [2.75, 3.05) is 6.26 Å². The van der Waals surface area contributed by atoms with Gasteiger partial charge in [-0.3, -0.25) is 0 Å². The average Bonchev–Trinajstić information content (AvgIpc) is 2.78. The van der Waals surface area contributed by atoms with E-state index in [1.807, 2.05) is 30.5 Å². The zero-order valence-corrected chi connectivity index (χ0v) is 9.12. The van der Waals surface area contributed by atoms with Crippen molar-refractivity contribution in [3.8, 4) is 11.4 Å². The first-order chi connectivity index (χ1) is 7.33. The molecule has 15 heavy (non-hydrogen) atoms. The molecule has 0 aliphatic carbocycles. The molecule has 0 aliphatic heterocycles. The van der Waals surface area contributed by atoms with E-state index >= 15 is 0 Å². The van der Waals surface area contributed by atoms with Crippen LogP contribution in [0.5, 0.6) is 0 Å². The zero-order chi connectivity index (χ0) is 10.7. The fourth-order valence-corrected chi connectivity index (χ4v) is 1.68. The standard InChI is InChI=1S/C10H11N3OS/c1-15-8-4-2-3-7(5-8)10-12-9(6-11)14-13-10/h2-5H,6,11H2,1H3. The first kappa shape index (κ1) is 10.2. The summed E-state index contributed by atoms with van der Waals surface area (Å²) >= 11 is 1.68. The lowest BCUT2D eigenvalue weighted by Crippen LogP contribution is -1.95. The minimum absolute atomic E-state index is 0.273. The van der Waals surface area contributed by atoms with Gasteiger partial charge in [0.15, 0.2) is 0 Å². The Labute approximate surface area is 91.9 Å². The summed E-state index contributed by atoms with van der Waals surface area (Å²) in [6.45, 7) is 0.273. The molecular formula is C10H11N3OS.